The zero-order valence-corrected chi connectivity index (χ0v) is 12.9. The SMILES string of the molecule is CCOC(=O)C1(C(=O)OCC)C[C@H](C)[C@H](C)C1(C)C. The highest BCUT2D eigenvalue weighted by Crippen LogP contribution is 2.59. The van der Waals surface area contributed by atoms with E-state index in [0.29, 0.717) is 6.42 Å². The smallest absolute Gasteiger partial charge is 0.324 e. The molecule has 4 heteroatoms. The van der Waals surface area contributed by atoms with Gasteiger partial charge in [0.15, 0.2) is 5.41 Å². The first kappa shape index (κ1) is 16.0. The average molecular weight is 270 g/mol. The number of rotatable bonds is 4. The van der Waals surface area contributed by atoms with Crippen LogP contribution in [-0.4, -0.2) is 25.2 Å². The fraction of sp³-hybridized carbons (Fsp3) is 0.867. The van der Waals surface area contributed by atoms with Crippen molar-refractivity contribution in [3.63, 3.8) is 0 Å². The molecule has 1 aliphatic carbocycles. The lowest BCUT2D eigenvalue weighted by Crippen LogP contribution is -2.50. The predicted molar refractivity (Wildman–Crippen MR) is 72.4 cm³/mol. The third-order valence-corrected chi connectivity index (χ3v) is 4.97. The van der Waals surface area contributed by atoms with Crippen LogP contribution in [0.5, 0.6) is 0 Å². The lowest BCUT2D eigenvalue weighted by atomic mass is 9.64. The maximum atomic E-state index is 12.5. The van der Waals surface area contributed by atoms with Crippen molar-refractivity contribution in [2.24, 2.45) is 22.7 Å². The normalized spacial score (nSPS) is 27.9. The molecular formula is C15H26O4. The van der Waals surface area contributed by atoms with E-state index in [1.165, 1.54) is 0 Å². The van der Waals surface area contributed by atoms with E-state index >= 15 is 0 Å². The van der Waals surface area contributed by atoms with Crippen LogP contribution < -0.4 is 0 Å². The van der Waals surface area contributed by atoms with E-state index < -0.39 is 22.8 Å². The first-order valence-corrected chi connectivity index (χ1v) is 7.10. The van der Waals surface area contributed by atoms with E-state index in [1.54, 1.807) is 13.8 Å². The van der Waals surface area contributed by atoms with Gasteiger partial charge in [0.25, 0.3) is 0 Å². The summed E-state index contributed by atoms with van der Waals surface area (Å²) in [5, 5.41) is 0. The molecule has 19 heavy (non-hydrogen) atoms. The van der Waals surface area contributed by atoms with Gasteiger partial charge in [-0.2, -0.15) is 0 Å². The van der Waals surface area contributed by atoms with Crippen molar-refractivity contribution < 1.29 is 19.1 Å². The van der Waals surface area contributed by atoms with Gasteiger partial charge in [-0.15, -0.1) is 0 Å². The van der Waals surface area contributed by atoms with Crippen LogP contribution in [0.3, 0.4) is 0 Å². The number of ether oxygens (including phenoxy) is 2. The Morgan fingerprint density at radius 3 is 1.74 bits per heavy atom. The summed E-state index contributed by atoms with van der Waals surface area (Å²) in [6, 6.07) is 0. The first-order chi connectivity index (χ1) is 8.75. The standard InChI is InChI=1S/C15H26O4/c1-7-18-12(16)15(13(17)19-8-2)9-10(3)11(4)14(15,5)6/h10-11H,7-9H2,1-6H3/t10-,11-/m0/s1. The Morgan fingerprint density at radius 2 is 1.47 bits per heavy atom. The molecule has 1 saturated carbocycles. The second kappa shape index (κ2) is 5.51. The highest BCUT2D eigenvalue weighted by Gasteiger charge is 2.66. The van der Waals surface area contributed by atoms with Crippen molar-refractivity contribution in [3.05, 3.63) is 0 Å². The van der Waals surface area contributed by atoms with E-state index in [9.17, 15) is 9.59 Å². The van der Waals surface area contributed by atoms with Crippen LogP contribution in [0.1, 0.15) is 48.0 Å². The Bertz CT molecular complexity index is 341. The van der Waals surface area contributed by atoms with Gasteiger partial charge >= 0.3 is 11.9 Å². The maximum Gasteiger partial charge on any atom is 0.324 e. The molecule has 0 spiro atoms. The lowest BCUT2D eigenvalue weighted by Gasteiger charge is -2.39. The van der Waals surface area contributed by atoms with Crippen LogP contribution in [0.25, 0.3) is 0 Å². The van der Waals surface area contributed by atoms with Gasteiger partial charge in [0.1, 0.15) is 0 Å². The Labute approximate surface area is 115 Å². The average Bonchev–Trinajstić information content (AvgIpc) is 2.51. The molecule has 110 valence electrons. The molecule has 0 saturated heterocycles. The quantitative estimate of drug-likeness (QED) is 0.582. The van der Waals surface area contributed by atoms with Crippen LogP contribution in [0.15, 0.2) is 0 Å². The molecule has 2 atom stereocenters. The fourth-order valence-electron chi connectivity index (χ4n) is 3.31. The molecule has 0 heterocycles. The molecule has 0 aromatic rings. The highest BCUT2D eigenvalue weighted by molar-refractivity contribution is 6.01. The Balaban J connectivity index is 3.28. The molecule has 0 aromatic carbocycles. The molecule has 4 nitrogen and oxygen atoms in total. The molecule has 0 aromatic heterocycles. The van der Waals surface area contributed by atoms with E-state index in [0.717, 1.165) is 0 Å². The third-order valence-electron chi connectivity index (χ3n) is 4.97. The van der Waals surface area contributed by atoms with Crippen LogP contribution in [0.2, 0.25) is 0 Å². The summed E-state index contributed by atoms with van der Waals surface area (Å²) in [6.45, 7) is 12.2. The van der Waals surface area contributed by atoms with Crippen molar-refractivity contribution in [2.75, 3.05) is 13.2 Å². The minimum absolute atomic E-state index is 0.251. The molecule has 0 aliphatic heterocycles. The summed E-state index contributed by atoms with van der Waals surface area (Å²) in [4.78, 5) is 24.9. The summed E-state index contributed by atoms with van der Waals surface area (Å²) in [5.74, 6) is -0.338. The van der Waals surface area contributed by atoms with E-state index in [-0.39, 0.29) is 25.0 Å². The number of hydrogen-bond donors (Lipinski definition) is 0. The lowest BCUT2D eigenvalue weighted by molar-refractivity contribution is -0.180. The summed E-state index contributed by atoms with van der Waals surface area (Å²) in [7, 11) is 0. The molecule has 0 unspecified atom stereocenters. The molecule has 1 rings (SSSR count). The summed E-state index contributed by atoms with van der Waals surface area (Å²) in [5.41, 5.74) is -1.64. The molecule has 0 bridgehead atoms. The summed E-state index contributed by atoms with van der Waals surface area (Å²) in [6.07, 6.45) is 0.499. The summed E-state index contributed by atoms with van der Waals surface area (Å²) < 4.78 is 10.4. The number of carbonyl (C=O) groups excluding carboxylic acids is 2. The van der Waals surface area contributed by atoms with Gasteiger partial charge in [0.05, 0.1) is 13.2 Å². The van der Waals surface area contributed by atoms with Crippen molar-refractivity contribution >= 4 is 11.9 Å². The zero-order chi connectivity index (χ0) is 14.8. The largest absolute Gasteiger partial charge is 0.465 e. The van der Waals surface area contributed by atoms with Crippen LogP contribution in [-0.2, 0) is 19.1 Å². The molecular weight excluding hydrogens is 244 g/mol. The van der Waals surface area contributed by atoms with E-state index in [4.69, 9.17) is 9.47 Å². The second-order valence-electron chi connectivity index (χ2n) is 6.04. The maximum absolute atomic E-state index is 12.5. The third kappa shape index (κ3) is 2.26. The van der Waals surface area contributed by atoms with Crippen LogP contribution in [0, 0.1) is 22.7 Å². The Kier molecular flexibility index (Phi) is 4.64. The van der Waals surface area contributed by atoms with Crippen molar-refractivity contribution in [2.45, 2.75) is 48.0 Å². The summed E-state index contributed by atoms with van der Waals surface area (Å²) >= 11 is 0. The van der Waals surface area contributed by atoms with Crippen molar-refractivity contribution in [1.82, 2.24) is 0 Å². The monoisotopic (exact) mass is 270 g/mol. The number of hydrogen-bond acceptors (Lipinski definition) is 4. The van der Waals surface area contributed by atoms with Crippen molar-refractivity contribution in [1.29, 1.82) is 0 Å². The predicted octanol–water partition coefficient (Wildman–Crippen LogP) is 2.80. The molecule has 0 N–H and O–H groups in total. The van der Waals surface area contributed by atoms with Gasteiger partial charge in [0.2, 0.25) is 0 Å². The van der Waals surface area contributed by atoms with E-state index in [2.05, 4.69) is 13.8 Å². The van der Waals surface area contributed by atoms with Crippen molar-refractivity contribution in [3.8, 4) is 0 Å². The van der Waals surface area contributed by atoms with Gasteiger partial charge in [-0.3, -0.25) is 9.59 Å². The minimum atomic E-state index is -1.17. The van der Waals surface area contributed by atoms with E-state index in [1.807, 2.05) is 13.8 Å². The molecule has 0 radical (unpaired) electrons. The Morgan fingerprint density at radius 1 is 1.05 bits per heavy atom. The van der Waals surface area contributed by atoms with Gasteiger partial charge in [-0.25, -0.2) is 0 Å². The van der Waals surface area contributed by atoms with Gasteiger partial charge in [-0.1, -0.05) is 27.7 Å². The molecule has 0 amide bonds. The van der Waals surface area contributed by atoms with Gasteiger partial charge in [-0.05, 0) is 37.5 Å². The van der Waals surface area contributed by atoms with Gasteiger partial charge in [0, 0.05) is 0 Å². The minimum Gasteiger partial charge on any atom is -0.465 e. The first-order valence-electron chi connectivity index (χ1n) is 7.10. The topological polar surface area (TPSA) is 52.6 Å². The molecule has 1 aliphatic rings. The molecule has 1 fully saturated rings. The number of esters is 2. The zero-order valence-electron chi connectivity index (χ0n) is 12.9. The van der Waals surface area contributed by atoms with Gasteiger partial charge < -0.3 is 9.47 Å². The Hall–Kier alpha value is -1.06. The second-order valence-corrected chi connectivity index (χ2v) is 6.04. The van der Waals surface area contributed by atoms with Crippen LogP contribution >= 0.6 is 0 Å². The van der Waals surface area contributed by atoms with Crippen LogP contribution in [0.4, 0.5) is 0 Å². The number of carbonyl (C=O) groups is 2. The fourth-order valence-corrected chi connectivity index (χ4v) is 3.31. The highest BCUT2D eigenvalue weighted by atomic mass is 16.6.